The van der Waals surface area contributed by atoms with Gasteiger partial charge in [0.05, 0.1) is 11.6 Å². The van der Waals surface area contributed by atoms with Crippen LogP contribution < -0.4 is 9.47 Å². The summed E-state index contributed by atoms with van der Waals surface area (Å²) in [5, 5.41) is 0.167. The number of hydrogen-bond donors (Lipinski definition) is 0. The Balaban J connectivity index is 1.90. The number of amides is 2. The second-order valence-electron chi connectivity index (χ2n) is 6.88. The smallest absolute Gasteiger partial charge is 0.265 e. The van der Waals surface area contributed by atoms with E-state index < -0.39 is 11.8 Å². The van der Waals surface area contributed by atoms with Crippen LogP contribution in [0.1, 0.15) is 16.7 Å². The molecule has 0 bridgehead atoms. The number of ether oxygens (including phenoxy) is 2. The fraction of sp³-hybridized carbons (Fsp3) is 0.227. The maximum absolute atomic E-state index is 12.5. The zero-order valence-electron chi connectivity index (χ0n) is 17.1. The molecule has 1 fully saturated rings. The molecule has 2 aromatic carbocycles. The van der Waals surface area contributed by atoms with Gasteiger partial charge in [-0.1, -0.05) is 29.8 Å². The van der Waals surface area contributed by atoms with Gasteiger partial charge in [-0.25, -0.2) is 0 Å². The highest BCUT2D eigenvalue weighted by atomic mass is 79.9. The lowest BCUT2D eigenvalue weighted by Gasteiger charge is -2.31. The van der Waals surface area contributed by atoms with Gasteiger partial charge in [0.2, 0.25) is 0 Å². The summed E-state index contributed by atoms with van der Waals surface area (Å²) in [7, 11) is 4.62. The molecule has 3 rings (SSSR count). The molecule has 0 spiro atoms. The van der Waals surface area contributed by atoms with Crippen molar-refractivity contribution in [2.75, 3.05) is 21.2 Å². The minimum absolute atomic E-state index is 0.0240. The van der Waals surface area contributed by atoms with Crippen LogP contribution in [0.4, 0.5) is 0 Å². The molecule has 2 aromatic rings. The highest BCUT2D eigenvalue weighted by Gasteiger charge is 2.35. The summed E-state index contributed by atoms with van der Waals surface area (Å²) in [5.74, 6) is 0.129. The number of methoxy groups -OCH3 is 1. The Morgan fingerprint density at radius 1 is 1.07 bits per heavy atom. The predicted molar refractivity (Wildman–Crippen MR) is 122 cm³/mol. The molecular formula is C22H21BrN2O4S. The summed E-state index contributed by atoms with van der Waals surface area (Å²) in [5.41, 5.74) is 2.85. The minimum Gasteiger partial charge on any atom is -0.493 e. The molecule has 1 saturated heterocycles. The molecule has 2 amide bonds. The Morgan fingerprint density at radius 2 is 1.67 bits per heavy atom. The number of nitrogens with zero attached hydrogens (tertiary/aromatic N) is 2. The van der Waals surface area contributed by atoms with Crippen molar-refractivity contribution in [1.82, 2.24) is 9.80 Å². The third kappa shape index (κ3) is 4.39. The molecule has 0 aromatic heterocycles. The lowest BCUT2D eigenvalue weighted by atomic mass is 10.1. The van der Waals surface area contributed by atoms with E-state index in [1.54, 1.807) is 26.2 Å². The Morgan fingerprint density at radius 3 is 2.23 bits per heavy atom. The van der Waals surface area contributed by atoms with E-state index in [-0.39, 0.29) is 10.7 Å². The van der Waals surface area contributed by atoms with Crippen LogP contribution in [0.15, 0.2) is 46.4 Å². The largest absolute Gasteiger partial charge is 0.493 e. The molecule has 6 nitrogen and oxygen atoms in total. The molecule has 1 heterocycles. The van der Waals surface area contributed by atoms with Crippen molar-refractivity contribution < 1.29 is 19.1 Å². The Labute approximate surface area is 189 Å². The lowest BCUT2D eigenvalue weighted by Crippen LogP contribution is -2.52. The first-order chi connectivity index (χ1) is 14.2. The van der Waals surface area contributed by atoms with E-state index in [9.17, 15) is 9.59 Å². The molecule has 0 saturated carbocycles. The van der Waals surface area contributed by atoms with E-state index in [0.29, 0.717) is 28.1 Å². The van der Waals surface area contributed by atoms with Crippen molar-refractivity contribution in [3.8, 4) is 11.5 Å². The monoisotopic (exact) mass is 488 g/mol. The summed E-state index contributed by atoms with van der Waals surface area (Å²) in [6, 6.07) is 11.6. The van der Waals surface area contributed by atoms with Gasteiger partial charge in [0.25, 0.3) is 11.8 Å². The second kappa shape index (κ2) is 8.97. The van der Waals surface area contributed by atoms with Crippen molar-refractivity contribution in [2.45, 2.75) is 13.5 Å². The highest BCUT2D eigenvalue weighted by Crippen LogP contribution is 2.38. The maximum atomic E-state index is 12.5. The zero-order chi connectivity index (χ0) is 22.0. The Kier molecular flexibility index (Phi) is 6.58. The first-order valence-electron chi connectivity index (χ1n) is 9.10. The van der Waals surface area contributed by atoms with Gasteiger partial charge in [0.1, 0.15) is 12.2 Å². The number of halogens is 1. The SMILES string of the molecule is COc1cc(C=C2C(=O)N(C)C(=S)N(C)C2=O)cc(Br)c1OCc1ccc(C)cc1. The number of carbonyl (C=O) groups is 2. The van der Waals surface area contributed by atoms with Crippen LogP contribution in [0.2, 0.25) is 0 Å². The van der Waals surface area contributed by atoms with Gasteiger partial charge in [-0.3, -0.25) is 19.4 Å². The van der Waals surface area contributed by atoms with Gasteiger partial charge in [0, 0.05) is 14.1 Å². The van der Waals surface area contributed by atoms with Gasteiger partial charge in [-0.05, 0) is 64.4 Å². The van der Waals surface area contributed by atoms with Crippen molar-refractivity contribution in [2.24, 2.45) is 0 Å². The third-order valence-corrected chi connectivity index (χ3v) is 5.85. The number of carbonyl (C=O) groups excluding carboxylic acids is 2. The van der Waals surface area contributed by atoms with Crippen molar-refractivity contribution in [1.29, 1.82) is 0 Å². The summed E-state index contributed by atoms with van der Waals surface area (Å²) >= 11 is 8.62. The second-order valence-corrected chi connectivity index (χ2v) is 8.10. The van der Waals surface area contributed by atoms with E-state index in [1.165, 1.54) is 28.5 Å². The molecule has 1 aliphatic rings. The molecular weight excluding hydrogens is 468 g/mol. The average Bonchev–Trinajstić information content (AvgIpc) is 2.74. The van der Waals surface area contributed by atoms with Crippen molar-refractivity contribution in [3.63, 3.8) is 0 Å². The Hall–Kier alpha value is -2.71. The topological polar surface area (TPSA) is 59.1 Å². The van der Waals surface area contributed by atoms with E-state index in [2.05, 4.69) is 15.9 Å². The summed E-state index contributed by atoms with van der Waals surface area (Å²) in [6.45, 7) is 2.40. The van der Waals surface area contributed by atoms with Crippen LogP contribution in [0.5, 0.6) is 11.5 Å². The average molecular weight is 489 g/mol. The van der Waals surface area contributed by atoms with Crippen LogP contribution in [0.3, 0.4) is 0 Å². The summed E-state index contributed by atoms with van der Waals surface area (Å²) < 4.78 is 12.1. The van der Waals surface area contributed by atoms with Crippen LogP contribution >= 0.6 is 28.1 Å². The molecule has 8 heteroatoms. The molecule has 0 N–H and O–H groups in total. The summed E-state index contributed by atoms with van der Waals surface area (Å²) in [6.07, 6.45) is 1.52. The molecule has 1 aliphatic heterocycles. The highest BCUT2D eigenvalue weighted by molar-refractivity contribution is 9.10. The van der Waals surface area contributed by atoms with Crippen LogP contribution in [0, 0.1) is 6.92 Å². The molecule has 0 unspecified atom stereocenters. The number of thiocarbonyl (C=S) groups is 1. The normalized spacial score (nSPS) is 14.3. The third-order valence-electron chi connectivity index (χ3n) is 4.71. The van der Waals surface area contributed by atoms with E-state index in [4.69, 9.17) is 21.7 Å². The minimum atomic E-state index is -0.446. The van der Waals surface area contributed by atoms with Crippen LogP contribution in [-0.2, 0) is 16.2 Å². The van der Waals surface area contributed by atoms with Crippen molar-refractivity contribution in [3.05, 3.63) is 63.1 Å². The van der Waals surface area contributed by atoms with Crippen LogP contribution in [-0.4, -0.2) is 47.9 Å². The molecule has 30 heavy (non-hydrogen) atoms. The first-order valence-corrected chi connectivity index (χ1v) is 10.3. The number of aryl methyl sites for hydroxylation is 1. The van der Waals surface area contributed by atoms with Gasteiger partial charge in [-0.2, -0.15) is 0 Å². The predicted octanol–water partition coefficient (Wildman–Crippen LogP) is 3.94. The van der Waals surface area contributed by atoms with E-state index >= 15 is 0 Å². The van der Waals surface area contributed by atoms with Gasteiger partial charge in [0.15, 0.2) is 16.6 Å². The van der Waals surface area contributed by atoms with Gasteiger partial charge < -0.3 is 9.47 Å². The molecule has 0 aliphatic carbocycles. The number of rotatable bonds is 5. The number of likely N-dealkylation sites (N-methyl/N-ethyl adjacent to an activating group) is 2. The van der Waals surface area contributed by atoms with Gasteiger partial charge >= 0.3 is 0 Å². The van der Waals surface area contributed by atoms with Gasteiger partial charge in [-0.15, -0.1) is 0 Å². The zero-order valence-corrected chi connectivity index (χ0v) is 19.5. The maximum Gasteiger partial charge on any atom is 0.265 e. The van der Waals surface area contributed by atoms with Crippen LogP contribution in [0.25, 0.3) is 6.08 Å². The lowest BCUT2D eigenvalue weighted by molar-refractivity contribution is -0.132. The fourth-order valence-electron chi connectivity index (χ4n) is 2.94. The van der Waals surface area contributed by atoms with Crippen molar-refractivity contribution >= 4 is 51.2 Å². The molecule has 0 atom stereocenters. The fourth-order valence-corrected chi connectivity index (χ4v) is 3.68. The van der Waals surface area contributed by atoms with E-state index in [0.717, 1.165) is 5.56 Å². The standard InChI is InChI=1S/C22H21BrN2O4S/c1-13-5-7-14(8-6-13)12-29-19-17(23)10-15(11-18(19)28-4)9-16-20(26)24(2)22(30)25(3)21(16)27/h5-11H,12H2,1-4H3. The Bertz CT molecular complexity index is 1020. The number of benzene rings is 2. The molecule has 156 valence electrons. The molecule has 0 radical (unpaired) electrons. The van der Waals surface area contributed by atoms with E-state index in [1.807, 2.05) is 31.2 Å². The number of hydrogen-bond acceptors (Lipinski definition) is 5. The first kappa shape index (κ1) is 22.0. The quantitative estimate of drug-likeness (QED) is 0.362. The summed E-state index contributed by atoms with van der Waals surface area (Å²) in [4.78, 5) is 27.6.